The Balaban J connectivity index is 1.83. The van der Waals surface area contributed by atoms with E-state index in [-0.39, 0.29) is 6.04 Å². The summed E-state index contributed by atoms with van der Waals surface area (Å²) in [5.74, 6) is -0.796. The van der Waals surface area contributed by atoms with Crippen molar-refractivity contribution in [1.29, 1.82) is 0 Å². The average molecular weight is 380 g/mol. The van der Waals surface area contributed by atoms with Crippen molar-refractivity contribution in [2.75, 3.05) is 33.3 Å². The van der Waals surface area contributed by atoms with Crippen molar-refractivity contribution in [2.24, 2.45) is 0 Å². The van der Waals surface area contributed by atoms with E-state index in [4.69, 9.17) is 0 Å². The molecule has 2 aliphatic rings. The molecule has 0 radical (unpaired) electrons. The van der Waals surface area contributed by atoms with E-state index >= 15 is 0 Å². The number of urea groups is 1. The number of likely N-dealkylation sites (tertiary alicyclic amines) is 2. The van der Waals surface area contributed by atoms with Crippen LogP contribution in [0.15, 0.2) is 0 Å². The summed E-state index contributed by atoms with van der Waals surface area (Å²) in [6, 6.07) is -1.53. The first-order valence-electron chi connectivity index (χ1n) is 8.45. The maximum absolute atomic E-state index is 12.4. The van der Waals surface area contributed by atoms with Gasteiger partial charge in [0.2, 0.25) is 5.91 Å². The van der Waals surface area contributed by atoms with Crippen LogP contribution in [-0.2, 0) is 9.53 Å². The smallest absolute Gasteiger partial charge is 0.409 e. The molecule has 0 aromatic rings. The SMILES string of the molecule is COC(=O)N1CCC(NC(=O)N2CCCC2C(=O)NCC(F)(F)F)CC1. The van der Waals surface area contributed by atoms with Gasteiger partial charge in [0.05, 0.1) is 7.11 Å². The number of methoxy groups -OCH3 is 1. The highest BCUT2D eigenvalue weighted by atomic mass is 19.4. The van der Waals surface area contributed by atoms with E-state index in [1.165, 1.54) is 16.9 Å². The number of piperidine rings is 1. The van der Waals surface area contributed by atoms with Crippen LogP contribution in [0.1, 0.15) is 25.7 Å². The normalized spacial score (nSPS) is 21.5. The van der Waals surface area contributed by atoms with Crippen molar-refractivity contribution < 1.29 is 32.3 Å². The van der Waals surface area contributed by atoms with Gasteiger partial charge < -0.3 is 25.2 Å². The van der Waals surface area contributed by atoms with Crippen LogP contribution in [0.2, 0.25) is 0 Å². The molecular weight excluding hydrogens is 357 g/mol. The van der Waals surface area contributed by atoms with Gasteiger partial charge in [-0.15, -0.1) is 0 Å². The number of nitrogens with zero attached hydrogens (tertiary/aromatic N) is 2. The average Bonchev–Trinajstić information content (AvgIpc) is 3.09. The summed E-state index contributed by atoms with van der Waals surface area (Å²) in [7, 11) is 1.30. The standard InChI is InChI=1S/C15H23F3N4O4/c1-26-14(25)21-7-4-10(5-8-21)20-13(24)22-6-2-3-11(22)12(23)19-9-15(16,17)18/h10-11H,2-9H2,1H3,(H,19,23)(H,20,24). The number of carbonyl (C=O) groups is 3. The van der Waals surface area contributed by atoms with Crippen molar-refractivity contribution in [3.63, 3.8) is 0 Å². The number of hydrogen-bond donors (Lipinski definition) is 2. The second-order valence-electron chi connectivity index (χ2n) is 6.37. The van der Waals surface area contributed by atoms with Crippen molar-refractivity contribution in [3.8, 4) is 0 Å². The highest BCUT2D eigenvalue weighted by molar-refractivity contribution is 5.87. The van der Waals surface area contributed by atoms with Crippen LogP contribution in [0.25, 0.3) is 0 Å². The van der Waals surface area contributed by atoms with E-state index < -0.39 is 36.8 Å². The monoisotopic (exact) mass is 380 g/mol. The lowest BCUT2D eigenvalue weighted by molar-refractivity contribution is -0.140. The first kappa shape index (κ1) is 20.1. The molecule has 2 saturated heterocycles. The van der Waals surface area contributed by atoms with E-state index in [0.29, 0.717) is 45.3 Å². The van der Waals surface area contributed by atoms with Crippen LogP contribution in [-0.4, -0.2) is 79.4 Å². The second kappa shape index (κ2) is 8.45. The lowest BCUT2D eigenvalue weighted by atomic mass is 10.1. The molecule has 8 nitrogen and oxygen atoms in total. The first-order valence-corrected chi connectivity index (χ1v) is 8.45. The van der Waals surface area contributed by atoms with Gasteiger partial charge >= 0.3 is 18.3 Å². The Morgan fingerprint density at radius 1 is 1.12 bits per heavy atom. The fourth-order valence-electron chi connectivity index (χ4n) is 3.18. The molecule has 1 unspecified atom stereocenters. The summed E-state index contributed by atoms with van der Waals surface area (Å²) >= 11 is 0. The van der Waals surface area contributed by atoms with Gasteiger partial charge in [0.25, 0.3) is 0 Å². The molecule has 0 aromatic carbocycles. The summed E-state index contributed by atoms with van der Waals surface area (Å²) in [6.45, 7) is -0.221. The number of alkyl halides is 3. The maximum atomic E-state index is 12.4. The summed E-state index contributed by atoms with van der Waals surface area (Å²) in [6.07, 6.45) is -2.94. The Bertz CT molecular complexity index is 535. The summed E-state index contributed by atoms with van der Waals surface area (Å²) < 4.78 is 41.4. The Morgan fingerprint density at radius 3 is 2.35 bits per heavy atom. The molecule has 2 fully saturated rings. The molecule has 148 valence electrons. The van der Waals surface area contributed by atoms with Crippen molar-refractivity contribution in [3.05, 3.63) is 0 Å². The Morgan fingerprint density at radius 2 is 1.77 bits per heavy atom. The van der Waals surface area contributed by atoms with Gasteiger partial charge in [-0.05, 0) is 25.7 Å². The maximum Gasteiger partial charge on any atom is 0.409 e. The molecule has 11 heteroatoms. The molecule has 4 amide bonds. The Labute approximate surface area is 149 Å². The highest BCUT2D eigenvalue weighted by Crippen LogP contribution is 2.20. The second-order valence-corrected chi connectivity index (χ2v) is 6.37. The van der Waals surface area contributed by atoms with Gasteiger partial charge in [-0.1, -0.05) is 0 Å². The number of amides is 4. The minimum absolute atomic E-state index is 0.164. The van der Waals surface area contributed by atoms with Gasteiger partial charge in [-0.3, -0.25) is 4.79 Å². The van der Waals surface area contributed by atoms with Crippen LogP contribution in [0.5, 0.6) is 0 Å². The Hall–Kier alpha value is -2.20. The molecule has 0 aliphatic carbocycles. The zero-order valence-corrected chi connectivity index (χ0v) is 14.5. The fourth-order valence-corrected chi connectivity index (χ4v) is 3.18. The third kappa shape index (κ3) is 5.40. The molecule has 0 saturated carbocycles. The van der Waals surface area contributed by atoms with Crippen LogP contribution < -0.4 is 10.6 Å². The van der Waals surface area contributed by atoms with Crippen molar-refractivity contribution in [2.45, 2.75) is 43.9 Å². The Kier molecular flexibility index (Phi) is 6.54. The summed E-state index contributed by atoms with van der Waals surface area (Å²) in [5, 5.41) is 4.64. The quantitative estimate of drug-likeness (QED) is 0.766. The van der Waals surface area contributed by atoms with Crippen LogP contribution in [0.3, 0.4) is 0 Å². The summed E-state index contributed by atoms with van der Waals surface area (Å²) in [5.41, 5.74) is 0. The molecule has 26 heavy (non-hydrogen) atoms. The van der Waals surface area contributed by atoms with Gasteiger partial charge in [0, 0.05) is 25.7 Å². The van der Waals surface area contributed by atoms with E-state index in [0.717, 1.165) is 0 Å². The molecule has 2 N–H and O–H groups in total. The molecule has 1 atom stereocenters. The van der Waals surface area contributed by atoms with Crippen LogP contribution >= 0.6 is 0 Å². The summed E-state index contributed by atoms with van der Waals surface area (Å²) in [4.78, 5) is 38.6. The number of halogens is 3. The van der Waals surface area contributed by atoms with E-state index in [1.54, 1.807) is 0 Å². The van der Waals surface area contributed by atoms with Crippen molar-refractivity contribution in [1.82, 2.24) is 20.4 Å². The lowest BCUT2D eigenvalue weighted by Gasteiger charge is -2.33. The zero-order valence-electron chi connectivity index (χ0n) is 14.5. The molecule has 2 rings (SSSR count). The lowest BCUT2D eigenvalue weighted by Crippen LogP contribution is -2.54. The molecule has 0 aromatic heterocycles. The minimum atomic E-state index is -4.49. The van der Waals surface area contributed by atoms with Crippen LogP contribution in [0, 0.1) is 0 Å². The predicted molar refractivity (Wildman–Crippen MR) is 84.3 cm³/mol. The van der Waals surface area contributed by atoms with Gasteiger partial charge in [0.15, 0.2) is 0 Å². The number of rotatable bonds is 3. The molecule has 0 bridgehead atoms. The number of ether oxygens (including phenoxy) is 1. The van der Waals surface area contributed by atoms with Crippen LogP contribution in [0.4, 0.5) is 22.8 Å². The van der Waals surface area contributed by atoms with Gasteiger partial charge in [-0.2, -0.15) is 13.2 Å². The molecule has 2 aliphatic heterocycles. The van der Waals surface area contributed by atoms with E-state index in [1.807, 2.05) is 5.32 Å². The predicted octanol–water partition coefficient (Wildman–Crippen LogP) is 1.07. The van der Waals surface area contributed by atoms with Crippen molar-refractivity contribution >= 4 is 18.0 Å². The third-order valence-corrected chi connectivity index (χ3v) is 4.53. The van der Waals surface area contributed by atoms with Gasteiger partial charge in [-0.25, -0.2) is 9.59 Å². The largest absolute Gasteiger partial charge is 0.453 e. The molecule has 2 heterocycles. The third-order valence-electron chi connectivity index (χ3n) is 4.53. The number of carbonyl (C=O) groups excluding carboxylic acids is 3. The topological polar surface area (TPSA) is 91.0 Å². The highest BCUT2D eigenvalue weighted by Gasteiger charge is 2.37. The van der Waals surface area contributed by atoms with Gasteiger partial charge in [0.1, 0.15) is 12.6 Å². The molecule has 0 spiro atoms. The first-order chi connectivity index (χ1) is 12.2. The zero-order chi connectivity index (χ0) is 19.3. The number of hydrogen-bond acceptors (Lipinski definition) is 4. The fraction of sp³-hybridized carbons (Fsp3) is 0.800. The molecular formula is C15H23F3N4O4. The van der Waals surface area contributed by atoms with E-state index in [9.17, 15) is 27.6 Å². The number of nitrogens with one attached hydrogen (secondary N) is 2. The van der Waals surface area contributed by atoms with E-state index in [2.05, 4.69) is 10.1 Å². The minimum Gasteiger partial charge on any atom is -0.453 e.